The van der Waals surface area contributed by atoms with Crippen LogP contribution in [0.4, 0.5) is 11.4 Å². The van der Waals surface area contributed by atoms with Gasteiger partial charge in [-0.2, -0.15) is 0 Å². The van der Waals surface area contributed by atoms with Crippen molar-refractivity contribution >= 4 is 27.3 Å². The Morgan fingerprint density at radius 1 is 1.52 bits per heavy atom. The molecule has 1 aromatic carbocycles. The highest BCUT2D eigenvalue weighted by molar-refractivity contribution is 9.08. The van der Waals surface area contributed by atoms with Crippen LogP contribution in [0, 0.1) is 10.1 Å². The predicted octanol–water partition coefficient (Wildman–Crippen LogP) is 3.89. The van der Waals surface area contributed by atoms with Crippen LogP contribution >= 0.6 is 15.9 Å². The van der Waals surface area contributed by atoms with Crippen molar-refractivity contribution in [1.82, 2.24) is 0 Å². The molecule has 21 heavy (non-hydrogen) atoms. The smallest absolute Gasteiger partial charge is 0.269 e. The van der Waals surface area contributed by atoms with Crippen LogP contribution in [0.1, 0.15) is 31.7 Å². The van der Waals surface area contributed by atoms with Crippen molar-refractivity contribution in [3.63, 3.8) is 0 Å². The molecule has 0 spiro atoms. The summed E-state index contributed by atoms with van der Waals surface area (Å²) in [5.41, 5.74) is 2.17. The zero-order valence-corrected chi connectivity index (χ0v) is 13.8. The first-order valence-electron chi connectivity index (χ1n) is 7.35. The highest BCUT2D eigenvalue weighted by Gasteiger charge is 2.23. The minimum Gasteiger partial charge on any atom is -0.376 e. The van der Waals surface area contributed by atoms with Gasteiger partial charge in [0.05, 0.1) is 11.0 Å². The summed E-state index contributed by atoms with van der Waals surface area (Å²) >= 11 is 3.43. The van der Waals surface area contributed by atoms with E-state index in [1.165, 1.54) is 0 Å². The van der Waals surface area contributed by atoms with Crippen molar-refractivity contribution in [2.45, 2.75) is 37.6 Å². The number of nitrogens with zero attached hydrogens (tertiary/aromatic N) is 2. The first kappa shape index (κ1) is 16.2. The minimum atomic E-state index is -0.348. The number of hydrogen-bond donors (Lipinski definition) is 0. The number of nitro groups is 1. The second kappa shape index (κ2) is 7.75. The van der Waals surface area contributed by atoms with Gasteiger partial charge >= 0.3 is 0 Å². The van der Waals surface area contributed by atoms with Gasteiger partial charge in [0.25, 0.3) is 5.69 Å². The topological polar surface area (TPSA) is 55.6 Å². The van der Waals surface area contributed by atoms with E-state index < -0.39 is 0 Å². The molecule has 1 unspecified atom stereocenters. The minimum absolute atomic E-state index is 0.143. The lowest BCUT2D eigenvalue weighted by atomic mass is 10.1. The molecule has 0 aliphatic carbocycles. The van der Waals surface area contributed by atoms with Gasteiger partial charge in [-0.15, -0.1) is 0 Å². The van der Waals surface area contributed by atoms with Gasteiger partial charge in [-0.3, -0.25) is 10.1 Å². The van der Waals surface area contributed by atoms with Crippen molar-refractivity contribution < 1.29 is 9.66 Å². The van der Waals surface area contributed by atoms with Crippen LogP contribution in [0.5, 0.6) is 0 Å². The monoisotopic (exact) mass is 356 g/mol. The number of halogens is 1. The Bertz CT molecular complexity index is 496. The van der Waals surface area contributed by atoms with E-state index in [4.69, 9.17) is 4.74 Å². The van der Waals surface area contributed by atoms with Crippen LogP contribution in [0.25, 0.3) is 0 Å². The molecule has 0 bridgehead atoms. The maximum atomic E-state index is 10.9. The van der Waals surface area contributed by atoms with E-state index >= 15 is 0 Å². The molecule has 0 amide bonds. The molecule has 6 heteroatoms. The Labute approximate surface area is 133 Å². The molecule has 1 aliphatic rings. The largest absolute Gasteiger partial charge is 0.376 e. The normalized spacial score (nSPS) is 18.8. The molecule has 1 aliphatic heterocycles. The quantitative estimate of drug-likeness (QED) is 0.440. The third kappa shape index (κ3) is 4.17. The summed E-state index contributed by atoms with van der Waals surface area (Å²) < 4.78 is 5.86. The standard InChI is InChI=1S/C15H21BrN2O3/c1-2-8-21-14-4-3-7-17(11-14)15-6-5-13(18(19)20)9-12(15)10-16/h5-6,9,14H,2-4,7-8,10-11H2,1H3. The summed E-state index contributed by atoms with van der Waals surface area (Å²) in [4.78, 5) is 12.8. The molecule has 0 saturated carbocycles. The molecule has 5 nitrogen and oxygen atoms in total. The van der Waals surface area contributed by atoms with Gasteiger partial charge < -0.3 is 9.64 Å². The third-order valence-electron chi connectivity index (χ3n) is 3.69. The Morgan fingerprint density at radius 3 is 3.00 bits per heavy atom. The molecule has 1 aromatic rings. The summed E-state index contributed by atoms with van der Waals surface area (Å²) in [7, 11) is 0. The van der Waals surface area contributed by atoms with Gasteiger partial charge in [0, 0.05) is 42.8 Å². The SMILES string of the molecule is CCCOC1CCCN(c2ccc([N+](=O)[O-])cc2CBr)C1. The first-order valence-corrected chi connectivity index (χ1v) is 8.47. The molecule has 1 heterocycles. The van der Waals surface area contributed by atoms with E-state index in [0.29, 0.717) is 5.33 Å². The first-order chi connectivity index (χ1) is 10.2. The lowest BCUT2D eigenvalue weighted by Gasteiger charge is -2.35. The molecule has 1 saturated heterocycles. The van der Waals surface area contributed by atoms with Gasteiger partial charge in [-0.05, 0) is 30.9 Å². The van der Waals surface area contributed by atoms with Crippen molar-refractivity contribution in [1.29, 1.82) is 0 Å². The molecular formula is C15H21BrN2O3. The number of hydrogen-bond acceptors (Lipinski definition) is 4. The van der Waals surface area contributed by atoms with Crippen molar-refractivity contribution in [3.8, 4) is 0 Å². The molecule has 1 fully saturated rings. The lowest BCUT2D eigenvalue weighted by Crippen LogP contribution is -2.40. The van der Waals surface area contributed by atoms with Crippen molar-refractivity contribution in [2.75, 3.05) is 24.6 Å². The number of non-ortho nitro benzene ring substituents is 1. The van der Waals surface area contributed by atoms with Gasteiger partial charge in [0.1, 0.15) is 0 Å². The predicted molar refractivity (Wildman–Crippen MR) is 87.2 cm³/mol. The highest BCUT2D eigenvalue weighted by Crippen LogP contribution is 2.30. The molecule has 0 radical (unpaired) electrons. The number of anilines is 1. The van der Waals surface area contributed by atoms with Crippen molar-refractivity contribution in [3.05, 3.63) is 33.9 Å². The average Bonchev–Trinajstić information content (AvgIpc) is 2.52. The molecular weight excluding hydrogens is 336 g/mol. The molecule has 0 aromatic heterocycles. The van der Waals surface area contributed by atoms with Crippen LogP contribution in [-0.4, -0.2) is 30.7 Å². The number of rotatable bonds is 6. The average molecular weight is 357 g/mol. The second-order valence-electron chi connectivity index (χ2n) is 5.28. The number of benzene rings is 1. The fraction of sp³-hybridized carbons (Fsp3) is 0.600. The third-order valence-corrected chi connectivity index (χ3v) is 4.30. The zero-order valence-electron chi connectivity index (χ0n) is 12.3. The number of ether oxygens (including phenoxy) is 1. The van der Waals surface area contributed by atoms with Crippen LogP contribution in [0.15, 0.2) is 18.2 Å². The fourth-order valence-electron chi connectivity index (χ4n) is 2.68. The summed E-state index contributed by atoms with van der Waals surface area (Å²) in [6.07, 6.45) is 3.47. The van der Waals surface area contributed by atoms with Crippen LogP contribution < -0.4 is 4.90 Å². The van der Waals surface area contributed by atoms with E-state index in [1.54, 1.807) is 12.1 Å². The Kier molecular flexibility index (Phi) is 5.99. The number of alkyl halides is 1. The second-order valence-corrected chi connectivity index (χ2v) is 5.85. The summed E-state index contributed by atoms with van der Waals surface area (Å²) in [5.74, 6) is 0. The highest BCUT2D eigenvalue weighted by atomic mass is 79.9. The van der Waals surface area contributed by atoms with Crippen LogP contribution in [0.2, 0.25) is 0 Å². The van der Waals surface area contributed by atoms with E-state index in [0.717, 1.165) is 50.2 Å². The van der Waals surface area contributed by atoms with Gasteiger partial charge in [0.15, 0.2) is 0 Å². The van der Waals surface area contributed by atoms with Gasteiger partial charge in [-0.25, -0.2) is 0 Å². The van der Waals surface area contributed by atoms with E-state index in [1.807, 2.05) is 6.07 Å². The Balaban J connectivity index is 2.14. The van der Waals surface area contributed by atoms with Crippen LogP contribution in [-0.2, 0) is 10.1 Å². The lowest BCUT2D eigenvalue weighted by molar-refractivity contribution is -0.384. The van der Waals surface area contributed by atoms with E-state index in [9.17, 15) is 10.1 Å². The molecule has 1 atom stereocenters. The summed E-state index contributed by atoms with van der Waals surface area (Å²) in [6.45, 7) is 4.74. The van der Waals surface area contributed by atoms with Gasteiger partial charge in [-0.1, -0.05) is 22.9 Å². The van der Waals surface area contributed by atoms with E-state index in [2.05, 4.69) is 27.8 Å². The number of piperidine rings is 1. The zero-order chi connectivity index (χ0) is 15.2. The maximum absolute atomic E-state index is 10.9. The fourth-order valence-corrected chi connectivity index (χ4v) is 3.13. The van der Waals surface area contributed by atoms with Crippen LogP contribution in [0.3, 0.4) is 0 Å². The number of nitro benzene ring substituents is 1. The molecule has 116 valence electrons. The van der Waals surface area contributed by atoms with E-state index in [-0.39, 0.29) is 16.7 Å². The maximum Gasteiger partial charge on any atom is 0.269 e. The molecule has 2 rings (SSSR count). The Morgan fingerprint density at radius 2 is 2.33 bits per heavy atom. The van der Waals surface area contributed by atoms with Gasteiger partial charge in [0.2, 0.25) is 0 Å². The Hall–Kier alpha value is -1.14. The summed E-state index contributed by atoms with van der Waals surface area (Å²) in [6, 6.07) is 5.09. The van der Waals surface area contributed by atoms with Crippen molar-refractivity contribution in [2.24, 2.45) is 0 Å². The molecule has 0 N–H and O–H groups in total. The summed E-state index contributed by atoms with van der Waals surface area (Å²) in [5, 5.41) is 11.5.